The predicted molar refractivity (Wildman–Crippen MR) is 123 cm³/mol. The zero-order chi connectivity index (χ0) is 22.5. The van der Waals surface area contributed by atoms with Crippen LogP contribution in [0.3, 0.4) is 0 Å². The molecule has 168 valence electrons. The van der Waals surface area contributed by atoms with Gasteiger partial charge in [0.25, 0.3) is 0 Å². The summed E-state index contributed by atoms with van der Waals surface area (Å²) in [6.07, 6.45) is 2.71. The summed E-state index contributed by atoms with van der Waals surface area (Å²) in [6, 6.07) is 18.1. The van der Waals surface area contributed by atoms with Gasteiger partial charge in [-0.3, -0.25) is 14.4 Å². The predicted octanol–water partition coefficient (Wildman–Crippen LogP) is 2.79. The number of aryl methyl sites for hydroxylation is 2. The molecule has 0 aromatic heterocycles. The van der Waals surface area contributed by atoms with E-state index in [1.54, 1.807) is 9.80 Å². The quantitative estimate of drug-likeness (QED) is 0.658. The van der Waals surface area contributed by atoms with Crippen LogP contribution in [0.15, 0.2) is 54.6 Å². The van der Waals surface area contributed by atoms with Gasteiger partial charge < -0.3 is 14.7 Å². The van der Waals surface area contributed by atoms with E-state index in [2.05, 4.69) is 0 Å². The molecule has 2 aromatic carbocycles. The molecule has 2 aliphatic heterocycles. The third-order valence-electron chi connectivity index (χ3n) is 6.56. The number of piperidine rings is 1. The van der Waals surface area contributed by atoms with Crippen molar-refractivity contribution in [1.29, 1.82) is 0 Å². The highest BCUT2D eigenvalue weighted by Gasteiger charge is 2.37. The van der Waals surface area contributed by atoms with Gasteiger partial charge in [-0.05, 0) is 37.3 Å². The molecule has 2 aromatic rings. The van der Waals surface area contributed by atoms with Gasteiger partial charge in [0.2, 0.25) is 5.91 Å². The maximum Gasteiger partial charge on any atom is 0.312 e. The summed E-state index contributed by atoms with van der Waals surface area (Å²) in [4.78, 5) is 43.4. The number of likely N-dealkylation sites (tertiary alicyclic amines) is 1. The topological polar surface area (TPSA) is 60.9 Å². The Bertz CT molecular complexity index is 950. The fourth-order valence-electron chi connectivity index (χ4n) is 4.58. The van der Waals surface area contributed by atoms with Crippen molar-refractivity contribution in [2.75, 3.05) is 26.2 Å². The molecule has 0 atom stereocenters. The third kappa shape index (κ3) is 5.18. The largest absolute Gasteiger partial charge is 0.343 e. The van der Waals surface area contributed by atoms with E-state index in [0.717, 1.165) is 24.8 Å². The van der Waals surface area contributed by atoms with E-state index in [1.165, 1.54) is 11.1 Å². The maximum absolute atomic E-state index is 12.8. The van der Waals surface area contributed by atoms with Crippen molar-refractivity contribution in [3.8, 4) is 0 Å². The van der Waals surface area contributed by atoms with Crippen LogP contribution in [0.25, 0.3) is 0 Å². The lowest BCUT2D eigenvalue weighted by molar-refractivity contribution is -0.159. The van der Waals surface area contributed by atoms with E-state index < -0.39 is 11.8 Å². The van der Waals surface area contributed by atoms with Gasteiger partial charge in [-0.2, -0.15) is 0 Å². The molecule has 0 bridgehead atoms. The Morgan fingerprint density at radius 1 is 0.844 bits per heavy atom. The second-order valence-electron chi connectivity index (χ2n) is 8.81. The second kappa shape index (κ2) is 9.98. The lowest BCUT2D eigenvalue weighted by Crippen LogP contribution is -2.59. The average molecular weight is 434 g/mol. The van der Waals surface area contributed by atoms with Gasteiger partial charge in [-0.15, -0.1) is 0 Å². The standard InChI is InChI=1S/C26H31N3O3/c1-20-7-9-22(10-8-20)19-28-17-18-29(26(32)25(28)31)23-13-15-27(16-14-23)24(30)12-11-21-5-3-2-4-6-21/h2-10,23H,11-19H2,1H3. The highest BCUT2D eigenvalue weighted by Crippen LogP contribution is 2.21. The minimum atomic E-state index is -0.418. The van der Waals surface area contributed by atoms with E-state index in [9.17, 15) is 14.4 Å². The highest BCUT2D eigenvalue weighted by molar-refractivity contribution is 6.35. The van der Waals surface area contributed by atoms with Crippen LogP contribution in [0.2, 0.25) is 0 Å². The van der Waals surface area contributed by atoms with Gasteiger partial charge in [0.15, 0.2) is 0 Å². The molecule has 6 heteroatoms. The van der Waals surface area contributed by atoms with Gasteiger partial charge in [0.05, 0.1) is 0 Å². The van der Waals surface area contributed by atoms with Crippen LogP contribution in [0, 0.1) is 6.92 Å². The smallest absolute Gasteiger partial charge is 0.312 e. The number of nitrogens with zero attached hydrogens (tertiary/aromatic N) is 3. The van der Waals surface area contributed by atoms with Crippen molar-refractivity contribution >= 4 is 17.7 Å². The Balaban J connectivity index is 1.25. The van der Waals surface area contributed by atoms with Crippen LogP contribution >= 0.6 is 0 Å². The normalized spacial score (nSPS) is 17.7. The second-order valence-corrected chi connectivity index (χ2v) is 8.81. The molecular weight excluding hydrogens is 402 g/mol. The lowest BCUT2D eigenvalue weighted by atomic mass is 10.0. The Hall–Kier alpha value is -3.15. The minimum Gasteiger partial charge on any atom is -0.343 e. The van der Waals surface area contributed by atoms with E-state index in [-0.39, 0.29) is 11.9 Å². The molecule has 4 rings (SSSR count). The summed E-state index contributed by atoms with van der Waals surface area (Å²) in [5.74, 6) is -0.659. The van der Waals surface area contributed by atoms with Gasteiger partial charge in [0.1, 0.15) is 0 Å². The van der Waals surface area contributed by atoms with Crippen LogP contribution in [0.1, 0.15) is 36.0 Å². The summed E-state index contributed by atoms with van der Waals surface area (Å²) < 4.78 is 0. The molecule has 2 fully saturated rings. The molecule has 0 radical (unpaired) electrons. The summed E-state index contributed by atoms with van der Waals surface area (Å²) in [5, 5.41) is 0. The molecule has 0 N–H and O–H groups in total. The lowest BCUT2D eigenvalue weighted by Gasteiger charge is -2.42. The fraction of sp³-hybridized carbons (Fsp3) is 0.423. The van der Waals surface area contributed by atoms with E-state index in [1.807, 2.05) is 66.4 Å². The third-order valence-corrected chi connectivity index (χ3v) is 6.56. The van der Waals surface area contributed by atoms with Crippen molar-refractivity contribution in [2.45, 2.75) is 45.2 Å². The molecule has 0 aliphatic carbocycles. The van der Waals surface area contributed by atoms with E-state index >= 15 is 0 Å². The van der Waals surface area contributed by atoms with E-state index in [0.29, 0.717) is 39.1 Å². The molecule has 0 spiro atoms. The first kappa shape index (κ1) is 22.1. The SMILES string of the molecule is Cc1ccc(CN2CCN(C3CCN(C(=O)CCc4ccccc4)CC3)C(=O)C2=O)cc1. The number of carbonyl (C=O) groups is 3. The molecular formula is C26H31N3O3. The Morgan fingerprint density at radius 2 is 1.53 bits per heavy atom. The molecule has 2 aliphatic rings. The first-order valence-corrected chi connectivity index (χ1v) is 11.5. The number of carbonyl (C=O) groups excluding carboxylic acids is 3. The van der Waals surface area contributed by atoms with Gasteiger partial charge in [0, 0.05) is 45.2 Å². The molecule has 0 saturated carbocycles. The maximum atomic E-state index is 12.8. The summed E-state index contributed by atoms with van der Waals surface area (Å²) >= 11 is 0. The average Bonchev–Trinajstić information content (AvgIpc) is 2.83. The number of piperazine rings is 1. The van der Waals surface area contributed by atoms with Gasteiger partial charge in [-0.25, -0.2) is 0 Å². The van der Waals surface area contributed by atoms with Crippen LogP contribution in [-0.2, 0) is 27.3 Å². The molecule has 2 saturated heterocycles. The van der Waals surface area contributed by atoms with Crippen molar-refractivity contribution < 1.29 is 14.4 Å². The first-order chi connectivity index (χ1) is 15.5. The van der Waals surface area contributed by atoms with Crippen molar-refractivity contribution in [3.63, 3.8) is 0 Å². The zero-order valence-corrected chi connectivity index (χ0v) is 18.7. The molecule has 6 nitrogen and oxygen atoms in total. The van der Waals surface area contributed by atoms with Crippen LogP contribution < -0.4 is 0 Å². The fourth-order valence-corrected chi connectivity index (χ4v) is 4.58. The molecule has 2 heterocycles. The number of rotatable bonds is 6. The molecule has 32 heavy (non-hydrogen) atoms. The van der Waals surface area contributed by atoms with Crippen LogP contribution in [0.4, 0.5) is 0 Å². The van der Waals surface area contributed by atoms with Gasteiger partial charge in [-0.1, -0.05) is 60.2 Å². The minimum absolute atomic E-state index is 0.0335. The van der Waals surface area contributed by atoms with Crippen molar-refractivity contribution in [3.05, 3.63) is 71.3 Å². The van der Waals surface area contributed by atoms with E-state index in [4.69, 9.17) is 0 Å². The summed E-state index contributed by atoms with van der Waals surface area (Å²) in [7, 11) is 0. The molecule has 0 unspecified atom stereocenters. The zero-order valence-electron chi connectivity index (χ0n) is 18.7. The van der Waals surface area contributed by atoms with Crippen LogP contribution in [-0.4, -0.2) is 64.6 Å². The first-order valence-electron chi connectivity index (χ1n) is 11.5. The Morgan fingerprint density at radius 3 is 2.22 bits per heavy atom. The Kier molecular flexibility index (Phi) is 6.88. The van der Waals surface area contributed by atoms with Crippen molar-refractivity contribution in [1.82, 2.24) is 14.7 Å². The summed E-state index contributed by atoms with van der Waals surface area (Å²) in [6.45, 7) is 4.89. The summed E-state index contributed by atoms with van der Waals surface area (Å²) in [5.41, 5.74) is 3.38. The van der Waals surface area contributed by atoms with Crippen molar-refractivity contribution in [2.24, 2.45) is 0 Å². The number of amides is 3. The highest BCUT2D eigenvalue weighted by atomic mass is 16.2. The number of hydrogen-bond donors (Lipinski definition) is 0. The monoisotopic (exact) mass is 433 g/mol. The Labute approximate surface area is 189 Å². The number of hydrogen-bond acceptors (Lipinski definition) is 3. The molecule has 3 amide bonds. The van der Waals surface area contributed by atoms with Gasteiger partial charge >= 0.3 is 11.8 Å². The number of benzene rings is 2. The van der Waals surface area contributed by atoms with Crippen LogP contribution in [0.5, 0.6) is 0 Å².